The fraction of sp³-hybridized carbons (Fsp3) is 0.400. The van der Waals surface area contributed by atoms with Gasteiger partial charge < -0.3 is 19.4 Å². The SMILES string of the molecule is C=CCOC(C)C=C(C)C=C.O=P(O)(O)O. The Morgan fingerprint density at radius 2 is 1.88 bits per heavy atom. The number of hydrogen-bond donors (Lipinski definition) is 3. The van der Waals surface area contributed by atoms with Crippen LogP contribution in [0.2, 0.25) is 0 Å². The summed E-state index contributed by atoms with van der Waals surface area (Å²) in [5.74, 6) is 0. The summed E-state index contributed by atoms with van der Waals surface area (Å²) in [6, 6.07) is 0. The average molecular weight is 250 g/mol. The van der Waals surface area contributed by atoms with Crippen molar-refractivity contribution in [2.24, 2.45) is 0 Å². The van der Waals surface area contributed by atoms with Gasteiger partial charge in [0, 0.05) is 0 Å². The number of rotatable bonds is 5. The van der Waals surface area contributed by atoms with E-state index in [2.05, 4.69) is 13.2 Å². The quantitative estimate of drug-likeness (QED) is 0.393. The van der Waals surface area contributed by atoms with Gasteiger partial charge in [-0.25, -0.2) is 4.57 Å². The van der Waals surface area contributed by atoms with E-state index in [0.29, 0.717) is 6.61 Å². The maximum atomic E-state index is 8.88. The van der Waals surface area contributed by atoms with Crippen LogP contribution in [0.25, 0.3) is 0 Å². The molecule has 6 heteroatoms. The van der Waals surface area contributed by atoms with Crippen LogP contribution < -0.4 is 0 Å². The standard InChI is InChI=1S/C10H16O.H3O4P/c1-5-7-11-10(4)8-9(3)6-2;1-5(2,3)4/h5-6,8,10H,1-2,7H2,3-4H3;(H3,1,2,3,4). The molecule has 0 aromatic rings. The van der Waals surface area contributed by atoms with E-state index in [-0.39, 0.29) is 6.10 Å². The predicted molar refractivity (Wildman–Crippen MR) is 63.8 cm³/mol. The van der Waals surface area contributed by atoms with E-state index in [0.717, 1.165) is 5.57 Å². The van der Waals surface area contributed by atoms with Crippen molar-refractivity contribution in [2.45, 2.75) is 20.0 Å². The van der Waals surface area contributed by atoms with Crippen molar-refractivity contribution in [3.63, 3.8) is 0 Å². The fourth-order valence-electron chi connectivity index (χ4n) is 0.706. The van der Waals surface area contributed by atoms with Gasteiger partial charge in [0.15, 0.2) is 0 Å². The van der Waals surface area contributed by atoms with Gasteiger partial charge in [-0.15, -0.1) is 6.58 Å². The molecule has 0 saturated carbocycles. The topological polar surface area (TPSA) is 87.0 Å². The van der Waals surface area contributed by atoms with Gasteiger partial charge in [0.25, 0.3) is 0 Å². The third-order valence-electron chi connectivity index (χ3n) is 1.30. The van der Waals surface area contributed by atoms with Crippen molar-refractivity contribution in [1.82, 2.24) is 0 Å². The Morgan fingerprint density at radius 3 is 2.19 bits per heavy atom. The second-order valence-electron chi connectivity index (χ2n) is 2.96. The Bertz CT molecular complexity index is 271. The molecule has 5 nitrogen and oxygen atoms in total. The van der Waals surface area contributed by atoms with Crippen molar-refractivity contribution in [3.05, 3.63) is 37.0 Å². The van der Waals surface area contributed by atoms with Gasteiger partial charge in [0.05, 0.1) is 12.7 Å². The highest BCUT2D eigenvalue weighted by Gasteiger charge is 2.00. The molecule has 1 unspecified atom stereocenters. The second kappa shape index (κ2) is 9.51. The van der Waals surface area contributed by atoms with Gasteiger partial charge >= 0.3 is 7.82 Å². The van der Waals surface area contributed by atoms with Crippen molar-refractivity contribution in [3.8, 4) is 0 Å². The van der Waals surface area contributed by atoms with Crippen LogP contribution in [0.15, 0.2) is 37.0 Å². The Kier molecular flexibility index (Phi) is 10.5. The third-order valence-corrected chi connectivity index (χ3v) is 1.30. The molecular formula is C10H19O5P. The van der Waals surface area contributed by atoms with Gasteiger partial charge in [-0.3, -0.25) is 0 Å². The van der Waals surface area contributed by atoms with Crippen LogP contribution in [0.4, 0.5) is 0 Å². The first-order chi connectivity index (χ1) is 7.20. The molecule has 0 fully saturated rings. The molecule has 0 amide bonds. The van der Waals surface area contributed by atoms with Crippen molar-refractivity contribution in [1.29, 1.82) is 0 Å². The molecule has 0 aromatic carbocycles. The van der Waals surface area contributed by atoms with Gasteiger partial charge in [0.2, 0.25) is 0 Å². The van der Waals surface area contributed by atoms with Crippen LogP contribution in [0.1, 0.15) is 13.8 Å². The van der Waals surface area contributed by atoms with Crippen LogP contribution in [0.3, 0.4) is 0 Å². The van der Waals surface area contributed by atoms with Crippen molar-refractivity contribution < 1.29 is 24.0 Å². The summed E-state index contributed by atoms with van der Waals surface area (Å²) in [7, 11) is -4.64. The van der Waals surface area contributed by atoms with Crippen LogP contribution >= 0.6 is 7.82 Å². The lowest BCUT2D eigenvalue weighted by atomic mass is 10.2. The van der Waals surface area contributed by atoms with Gasteiger partial charge in [0.1, 0.15) is 0 Å². The summed E-state index contributed by atoms with van der Waals surface area (Å²) in [4.78, 5) is 21.6. The number of hydrogen-bond acceptors (Lipinski definition) is 2. The summed E-state index contributed by atoms with van der Waals surface area (Å²) in [6.45, 7) is 11.8. The van der Waals surface area contributed by atoms with Gasteiger partial charge in [-0.2, -0.15) is 0 Å². The molecule has 0 aliphatic heterocycles. The van der Waals surface area contributed by atoms with Crippen molar-refractivity contribution >= 4 is 7.82 Å². The van der Waals surface area contributed by atoms with Crippen LogP contribution in [-0.4, -0.2) is 27.4 Å². The fourth-order valence-corrected chi connectivity index (χ4v) is 0.706. The lowest BCUT2D eigenvalue weighted by Gasteiger charge is -2.06. The lowest BCUT2D eigenvalue weighted by molar-refractivity contribution is 0.123. The first-order valence-electron chi connectivity index (χ1n) is 4.52. The van der Waals surface area contributed by atoms with Gasteiger partial charge in [-0.1, -0.05) is 30.4 Å². The maximum Gasteiger partial charge on any atom is 0.466 e. The molecule has 0 aromatic heterocycles. The average Bonchev–Trinajstić information content (AvgIpc) is 2.11. The van der Waals surface area contributed by atoms with Gasteiger partial charge in [-0.05, 0) is 13.8 Å². The van der Waals surface area contributed by atoms with E-state index in [1.165, 1.54) is 0 Å². The molecule has 0 saturated heterocycles. The minimum atomic E-state index is -4.64. The largest absolute Gasteiger partial charge is 0.466 e. The van der Waals surface area contributed by atoms with E-state index in [4.69, 9.17) is 24.0 Å². The monoisotopic (exact) mass is 250 g/mol. The number of phosphoric acid groups is 1. The van der Waals surface area contributed by atoms with E-state index in [1.807, 2.05) is 26.0 Å². The highest BCUT2D eigenvalue weighted by Crippen LogP contribution is 2.25. The van der Waals surface area contributed by atoms with E-state index < -0.39 is 7.82 Å². The summed E-state index contributed by atoms with van der Waals surface area (Å²) in [5, 5.41) is 0. The maximum absolute atomic E-state index is 8.88. The zero-order valence-electron chi connectivity index (χ0n) is 9.54. The highest BCUT2D eigenvalue weighted by molar-refractivity contribution is 7.45. The molecule has 1 atom stereocenters. The zero-order chi connectivity index (χ0) is 13.2. The van der Waals surface area contributed by atoms with Crippen LogP contribution in [-0.2, 0) is 9.30 Å². The minimum Gasteiger partial charge on any atom is -0.370 e. The molecule has 3 N–H and O–H groups in total. The minimum absolute atomic E-state index is 0.144. The normalized spacial score (nSPS) is 13.4. The summed E-state index contributed by atoms with van der Waals surface area (Å²) >= 11 is 0. The lowest BCUT2D eigenvalue weighted by Crippen LogP contribution is -2.04. The van der Waals surface area contributed by atoms with Crippen molar-refractivity contribution in [2.75, 3.05) is 6.61 Å². The number of ether oxygens (including phenoxy) is 1. The Labute approximate surface area is 96.0 Å². The smallest absolute Gasteiger partial charge is 0.370 e. The summed E-state index contributed by atoms with van der Waals surface area (Å²) in [6.07, 6.45) is 5.73. The molecule has 94 valence electrons. The molecule has 0 radical (unpaired) electrons. The zero-order valence-corrected chi connectivity index (χ0v) is 10.4. The van der Waals surface area contributed by atoms with Crippen LogP contribution in [0.5, 0.6) is 0 Å². The Hall–Kier alpha value is -0.710. The second-order valence-corrected chi connectivity index (χ2v) is 3.98. The van der Waals surface area contributed by atoms with E-state index >= 15 is 0 Å². The molecular weight excluding hydrogens is 231 g/mol. The molecule has 0 aliphatic carbocycles. The first-order valence-corrected chi connectivity index (χ1v) is 6.08. The summed E-state index contributed by atoms with van der Waals surface area (Å²) in [5.41, 5.74) is 1.14. The Morgan fingerprint density at radius 1 is 1.44 bits per heavy atom. The molecule has 16 heavy (non-hydrogen) atoms. The van der Waals surface area contributed by atoms with E-state index in [1.54, 1.807) is 6.08 Å². The molecule has 0 heterocycles. The first kappa shape index (κ1) is 17.7. The van der Waals surface area contributed by atoms with E-state index in [9.17, 15) is 0 Å². The van der Waals surface area contributed by atoms with Crippen LogP contribution in [0, 0.1) is 0 Å². The summed E-state index contributed by atoms with van der Waals surface area (Å²) < 4.78 is 14.2. The molecule has 0 rings (SSSR count). The molecule has 0 bridgehead atoms. The predicted octanol–water partition coefficient (Wildman–Crippen LogP) is 1.78. The Balaban J connectivity index is 0. The molecule has 0 aliphatic rings. The number of allylic oxidation sites excluding steroid dienone is 2. The molecule has 0 spiro atoms. The highest BCUT2D eigenvalue weighted by atomic mass is 31.2. The third kappa shape index (κ3) is 23.3.